The second-order valence-electron chi connectivity index (χ2n) is 5.39. The molecule has 112 valence electrons. The van der Waals surface area contributed by atoms with Gasteiger partial charge in [-0.15, -0.1) is 11.3 Å². The highest BCUT2D eigenvalue weighted by Crippen LogP contribution is 2.17. The van der Waals surface area contributed by atoms with Crippen molar-refractivity contribution >= 4 is 32.2 Å². The maximum atomic E-state index is 12.0. The van der Waals surface area contributed by atoms with E-state index in [1.165, 1.54) is 11.3 Å². The van der Waals surface area contributed by atoms with Gasteiger partial charge in [0.25, 0.3) is 5.91 Å². The zero-order chi connectivity index (χ0) is 14.8. The minimum absolute atomic E-state index is 0.0291. The van der Waals surface area contributed by atoms with Crippen molar-refractivity contribution in [2.24, 2.45) is 5.92 Å². The molecule has 20 heavy (non-hydrogen) atoms. The molecule has 0 spiro atoms. The standard InChI is InChI=1S/C12H19N3O3S2/c1-8(2)5-13-12-15-10(6-19-12)11(16)14-9-3-4-20(17,18)7-9/h6,8-9H,3-5,7H2,1-2H3,(H,13,15)(H,14,16)/t9-/m0/s1. The highest BCUT2D eigenvalue weighted by atomic mass is 32.2. The van der Waals surface area contributed by atoms with Crippen molar-refractivity contribution in [3.63, 3.8) is 0 Å². The summed E-state index contributed by atoms with van der Waals surface area (Å²) in [5, 5.41) is 8.28. The summed E-state index contributed by atoms with van der Waals surface area (Å²) in [5.41, 5.74) is 0.338. The Labute approximate surface area is 122 Å². The normalized spacial score (nSPS) is 21.1. The van der Waals surface area contributed by atoms with Gasteiger partial charge in [-0.2, -0.15) is 0 Å². The van der Waals surface area contributed by atoms with Crippen LogP contribution >= 0.6 is 11.3 Å². The number of hydrogen-bond donors (Lipinski definition) is 2. The van der Waals surface area contributed by atoms with Crippen molar-refractivity contribution < 1.29 is 13.2 Å². The van der Waals surface area contributed by atoms with E-state index in [-0.39, 0.29) is 23.5 Å². The van der Waals surface area contributed by atoms with Gasteiger partial charge in [0.2, 0.25) is 0 Å². The van der Waals surface area contributed by atoms with Crippen LogP contribution in [-0.4, -0.2) is 43.4 Å². The first-order valence-electron chi connectivity index (χ1n) is 6.56. The molecular weight excluding hydrogens is 298 g/mol. The third-order valence-corrected chi connectivity index (χ3v) is 5.53. The largest absolute Gasteiger partial charge is 0.361 e. The van der Waals surface area contributed by atoms with Gasteiger partial charge in [-0.25, -0.2) is 13.4 Å². The van der Waals surface area contributed by atoms with Gasteiger partial charge in [0.05, 0.1) is 11.5 Å². The van der Waals surface area contributed by atoms with Crippen molar-refractivity contribution in [1.82, 2.24) is 10.3 Å². The molecule has 2 rings (SSSR count). The third-order valence-electron chi connectivity index (χ3n) is 2.97. The SMILES string of the molecule is CC(C)CNc1nc(C(=O)N[C@H]2CCS(=O)(=O)C2)cs1. The Kier molecular flexibility index (Phi) is 4.64. The summed E-state index contributed by atoms with van der Waals surface area (Å²) in [4.78, 5) is 16.2. The summed E-state index contributed by atoms with van der Waals surface area (Å²) in [5.74, 6) is 0.373. The van der Waals surface area contributed by atoms with Crippen LogP contribution in [0.25, 0.3) is 0 Å². The van der Waals surface area contributed by atoms with Crippen LogP contribution in [0.15, 0.2) is 5.38 Å². The number of amides is 1. The zero-order valence-electron chi connectivity index (χ0n) is 11.5. The first-order chi connectivity index (χ1) is 9.35. The lowest BCUT2D eigenvalue weighted by molar-refractivity contribution is 0.0937. The first-order valence-corrected chi connectivity index (χ1v) is 9.26. The molecule has 0 unspecified atom stereocenters. The number of carbonyl (C=O) groups excluding carboxylic acids is 1. The minimum atomic E-state index is -2.98. The van der Waals surface area contributed by atoms with Crippen LogP contribution in [0, 0.1) is 5.92 Å². The molecule has 1 saturated heterocycles. The summed E-state index contributed by atoms with van der Waals surface area (Å²) in [7, 11) is -2.98. The Morgan fingerprint density at radius 3 is 2.90 bits per heavy atom. The maximum absolute atomic E-state index is 12.0. The van der Waals surface area contributed by atoms with E-state index in [1.54, 1.807) is 5.38 Å². The molecule has 6 nitrogen and oxygen atoms in total. The Hall–Kier alpha value is -1.15. The number of carbonyl (C=O) groups is 1. The Morgan fingerprint density at radius 1 is 1.55 bits per heavy atom. The summed E-state index contributed by atoms with van der Waals surface area (Å²) in [6, 6.07) is -0.290. The number of nitrogens with zero attached hydrogens (tertiary/aromatic N) is 1. The lowest BCUT2D eigenvalue weighted by atomic mass is 10.2. The Morgan fingerprint density at radius 2 is 2.30 bits per heavy atom. The number of hydrogen-bond acceptors (Lipinski definition) is 6. The van der Waals surface area contributed by atoms with Crippen LogP contribution in [0.5, 0.6) is 0 Å². The van der Waals surface area contributed by atoms with E-state index in [0.717, 1.165) is 6.54 Å². The molecule has 1 atom stereocenters. The van der Waals surface area contributed by atoms with Gasteiger partial charge in [0.15, 0.2) is 15.0 Å². The van der Waals surface area contributed by atoms with Crippen molar-refractivity contribution in [2.45, 2.75) is 26.3 Å². The fourth-order valence-electron chi connectivity index (χ4n) is 1.92. The number of thiazole rings is 1. The predicted octanol–water partition coefficient (Wildman–Crippen LogP) is 1.13. The molecule has 1 fully saturated rings. The number of anilines is 1. The van der Waals surface area contributed by atoms with Crippen molar-refractivity contribution in [1.29, 1.82) is 0 Å². The van der Waals surface area contributed by atoms with Crippen molar-refractivity contribution in [3.05, 3.63) is 11.1 Å². The van der Waals surface area contributed by atoms with Gasteiger partial charge >= 0.3 is 0 Å². The van der Waals surface area contributed by atoms with E-state index in [9.17, 15) is 13.2 Å². The van der Waals surface area contributed by atoms with Gasteiger partial charge in [0, 0.05) is 18.0 Å². The minimum Gasteiger partial charge on any atom is -0.361 e. The highest BCUT2D eigenvalue weighted by molar-refractivity contribution is 7.91. The Balaban J connectivity index is 1.90. The van der Waals surface area contributed by atoms with E-state index in [4.69, 9.17) is 0 Å². The van der Waals surface area contributed by atoms with Crippen molar-refractivity contribution in [2.75, 3.05) is 23.4 Å². The van der Waals surface area contributed by atoms with Crippen LogP contribution in [0.3, 0.4) is 0 Å². The lowest BCUT2D eigenvalue weighted by Gasteiger charge is -2.09. The van der Waals surface area contributed by atoms with Crippen LogP contribution in [0.4, 0.5) is 5.13 Å². The lowest BCUT2D eigenvalue weighted by Crippen LogP contribution is -2.35. The first kappa shape index (κ1) is 15.2. The van der Waals surface area contributed by atoms with Crippen molar-refractivity contribution in [3.8, 4) is 0 Å². The smallest absolute Gasteiger partial charge is 0.271 e. The fourth-order valence-corrected chi connectivity index (χ4v) is 4.29. The number of nitrogens with one attached hydrogen (secondary N) is 2. The molecule has 2 N–H and O–H groups in total. The molecule has 1 aliphatic heterocycles. The molecule has 1 amide bonds. The second-order valence-corrected chi connectivity index (χ2v) is 8.47. The zero-order valence-corrected chi connectivity index (χ0v) is 13.2. The van der Waals surface area contributed by atoms with E-state index in [2.05, 4.69) is 29.5 Å². The molecular formula is C12H19N3O3S2. The molecule has 8 heteroatoms. The molecule has 0 aromatic carbocycles. The van der Waals surface area contributed by atoms with Gasteiger partial charge < -0.3 is 10.6 Å². The molecule has 1 aromatic rings. The average Bonchev–Trinajstić information content (AvgIpc) is 2.93. The van der Waals surface area contributed by atoms with E-state index in [1.807, 2.05) is 0 Å². The van der Waals surface area contributed by atoms with Crippen LogP contribution in [0.1, 0.15) is 30.8 Å². The van der Waals surface area contributed by atoms with Crippen LogP contribution in [-0.2, 0) is 9.84 Å². The van der Waals surface area contributed by atoms with Gasteiger partial charge in [-0.05, 0) is 12.3 Å². The summed E-state index contributed by atoms with van der Waals surface area (Å²) in [6.07, 6.45) is 0.483. The van der Waals surface area contributed by atoms with Crippen LogP contribution in [0.2, 0.25) is 0 Å². The highest BCUT2D eigenvalue weighted by Gasteiger charge is 2.29. The number of sulfone groups is 1. The van der Waals surface area contributed by atoms with Gasteiger partial charge in [0.1, 0.15) is 5.69 Å². The number of aromatic nitrogens is 1. The van der Waals surface area contributed by atoms with Gasteiger partial charge in [-0.1, -0.05) is 13.8 Å². The molecule has 0 aliphatic carbocycles. The second kappa shape index (κ2) is 6.09. The molecule has 0 radical (unpaired) electrons. The quantitative estimate of drug-likeness (QED) is 0.850. The topological polar surface area (TPSA) is 88.2 Å². The van der Waals surface area contributed by atoms with Gasteiger partial charge in [-0.3, -0.25) is 4.79 Å². The van der Waals surface area contributed by atoms with E-state index >= 15 is 0 Å². The molecule has 1 aromatic heterocycles. The molecule has 0 saturated carbocycles. The average molecular weight is 317 g/mol. The number of rotatable bonds is 5. The van der Waals surface area contributed by atoms with E-state index in [0.29, 0.717) is 23.2 Å². The summed E-state index contributed by atoms with van der Waals surface area (Å²) >= 11 is 1.38. The van der Waals surface area contributed by atoms with Crippen LogP contribution < -0.4 is 10.6 Å². The molecule has 2 heterocycles. The molecule has 0 bridgehead atoms. The van der Waals surface area contributed by atoms with E-state index < -0.39 is 9.84 Å². The summed E-state index contributed by atoms with van der Waals surface area (Å²) < 4.78 is 22.7. The fraction of sp³-hybridized carbons (Fsp3) is 0.667. The predicted molar refractivity (Wildman–Crippen MR) is 80.0 cm³/mol. The Bertz CT molecular complexity index is 581. The maximum Gasteiger partial charge on any atom is 0.271 e. The molecule has 1 aliphatic rings. The summed E-state index contributed by atoms with van der Waals surface area (Å²) in [6.45, 7) is 4.99. The third kappa shape index (κ3) is 4.17. The monoisotopic (exact) mass is 317 g/mol.